The number of esters is 1. The molecule has 0 aliphatic carbocycles. The number of nitrogens with one attached hydrogen (secondary N) is 1. The van der Waals surface area contributed by atoms with Gasteiger partial charge in [0.05, 0.1) is 13.0 Å². The van der Waals surface area contributed by atoms with E-state index in [1.807, 2.05) is 6.92 Å². The van der Waals surface area contributed by atoms with Gasteiger partial charge in [-0.1, -0.05) is 0 Å². The highest BCUT2D eigenvalue weighted by molar-refractivity contribution is 5.78. The minimum absolute atomic E-state index is 0.0982. The van der Waals surface area contributed by atoms with Crippen LogP contribution >= 0.6 is 0 Å². The number of urea groups is 1. The van der Waals surface area contributed by atoms with E-state index < -0.39 is 0 Å². The van der Waals surface area contributed by atoms with Crippen LogP contribution in [0.3, 0.4) is 0 Å². The van der Waals surface area contributed by atoms with Crippen LogP contribution < -0.4 is 5.32 Å². The standard InChI is InChI=1S/C9H16N2O3/c1-3-10-9(13)11-5-4-7(6-11)8(12)14-2/h7H,3-6H2,1-2H3,(H,10,13). The van der Waals surface area contributed by atoms with E-state index in [0.29, 0.717) is 26.1 Å². The molecule has 80 valence electrons. The molecule has 0 aromatic heterocycles. The highest BCUT2D eigenvalue weighted by atomic mass is 16.5. The van der Waals surface area contributed by atoms with Crippen LogP contribution in [0.1, 0.15) is 13.3 Å². The van der Waals surface area contributed by atoms with Crippen molar-refractivity contribution < 1.29 is 14.3 Å². The lowest BCUT2D eigenvalue weighted by Gasteiger charge is -2.15. The van der Waals surface area contributed by atoms with Gasteiger partial charge in [0.25, 0.3) is 0 Å². The van der Waals surface area contributed by atoms with Gasteiger partial charge in [0.15, 0.2) is 0 Å². The molecular formula is C9H16N2O3. The zero-order chi connectivity index (χ0) is 10.6. The molecule has 0 radical (unpaired) electrons. The normalized spacial score (nSPS) is 20.7. The highest BCUT2D eigenvalue weighted by Gasteiger charge is 2.31. The second kappa shape index (κ2) is 4.83. The number of likely N-dealkylation sites (tertiary alicyclic amines) is 1. The summed E-state index contributed by atoms with van der Waals surface area (Å²) in [6.45, 7) is 3.58. The summed E-state index contributed by atoms with van der Waals surface area (Å²) >= 11 is 0. The molecule has 1 saturated heterocycles. The first-order chi connectivity index (χ1) is 6.69. The predicted octanol–water partition coefficient (Wildman–Crippen LogP) is 0.211. The second-order valence-corrected chi connectivity index (χ2v) is 3.29. The summed E-state index contributed by atoms with van der Waals surface area (Å²) < 4.78 is 4.62. The fourth-order valence-corrected chi connectivity index (χ4v) is 1.57. The SMILES string of the molecule is CCNC(=O)N1CCC(C(=O)OC)C1. The molecular weight excluding hydrogens is 184 g/mol. The maximum atomic E-state index is 11.4. The topological polar surface area (TPSA) is 58.6 Å². The van der Waals surface area contributed by atoms with Gasteiger partial charge in [0.1, 0.15) is 0 Å². The zero-order valence-corrected chi connectivity index (χ0v) is 8.58. The van der Waals surface area contributed by atoms with Crippen LogP contribution in [0.15, 0.2) is 0 Å². The Labute approximate surface area is 83.4 Å². The molecule has 2 amide bonds. The van der Waals surface area contributed by atoms with Crippen molar-refractivity contribution in [3.8, 4) is 0 Å². The smallest absolute Gasteiger partial charge is 0.317 e. The molecule has 0 bridgehead atoms. The number of methoxy groups -OCH3 is 1. The highest BCUT2D eigenvalue weighted by Crippen LogP contribution is 2.17. The lowest BCUT2D eigenvalue weighted by atomic mass is 10.1. The van der Waals surface area contributed by atoms with Crippen LogP contribution in [0.2, 0.25) is 0 Å². The number of rotatable bonds is 2. The van der Waals surface area contributed by atoms with E-state index in [9.17, 15) is 9.59 Å². The maximum absolute atomic E-state index is 11.4. The summed E-state index contributed by atoms with van der Waals surface area (Å²) in [5.74, 6) is -0.376. The van der Waals surface area contributed by atoms with Gasteiger partial charge in [-0.15, -0.1) is 0 Å². The van der Waals surface area contributed by atoms with Gasteiger partial charge in [-0.05, 0) is 13.3 Å². The molecule has 5 nitrogen and oxygen atoms in total. The van der Waals surface area contributed by atoms with E-state index in [0.717, 1.165) is 0 Å². The molecule has 1 aliphatic heterocycles. The molecule has 5 heteroatoms. The molecule has 1 heterocycles. The van der Waals surface area contributed by atoms with Gasteiger partial charge in [0, 0.05) is 19.6 Å². The number of carbonyl (C=O) groups excluding carboxylic acids is 2. The van der Waals surface area contributed by atoms with Crippen molar-refractivity contribution in [3.63, 3.8) is 0 Å². The van der Waals surface area contributed by atoms with Crippen LogP contribution in [-0.2, 0) is 9.53 Å². The molecule has 1 atom stereocenters. The van der Waals surface area contributed by atoms with Gasteiger partial charge >= 0.3 is 12.0 Å². The number of hydrogen-bond acceptors (Lipinski definition) is 3. The summed E-state index contributed by atoms with van der Waals surface area (Å²) in [5.41, 5.74) is 0. The van der Waals surface area contributed by atoms with Crippen molar-refractivity contribution >= 4 is 12.0 Å². The zero-order valence-electron chi connectivity index (χ0n) is 8.58. The summed E-state index contributed by atoms with van der Waals surface area (Å²) in [6.07, 6.45) is 0.698. The first-order valence-electron chi connectivity index (χ1n) is 4.79. The van der Waals surface area contributed by atoms with E-state index in [2.05, 4.69) is 10.1 Å². The Bertz CT molecular complexity index is 230. The molecule has 14 heavy (non-hydrogen) atoms. The van der Waals surface area contributed by atoms with Crippen LogP contribution in [0, 0.1) is 5.92 Å². The minimum Gasteiger partial charge on any atom is -0.469 e. The fourth-order valence-electron chi connectivity index (χ4n) is 1.57. The van der Waals surface area contributed by atoms with Crippen LogP contribution in [0.4, 0.5) is 4.79 Å². The van der Waals surface area contributed by atoms with Crippen molar-refractivity contribution in [2.45, 2.75) is 13.3 Å². The van der Waals surface area contributed by atoms with Crippen LogP contribution in [0.5, 0.6) is 0 Å². The lowest BCUT2D eigenvalue weighted by molar-refractivity contribution is -0.144. The van der Waals surface area contributed by atoms with Gasteiger partial charge in [0.2, 0.25) is 0 Å². The molecule has 1 unspecified atom stereocenters. The van der Waals surface area contributed by atoms with E-state index in [4.69, 9.17) is 0 Å². The Hall–Kier alpha value is -1.26. The molecule has 0 aromatic rings. The molecule has 0 spiro atoms. The van der Waals surface area contributed by atoms with Crippen LogP contribution in [0.25, 0.3) is 0 Å². The number of hydrogen-bond donors (Lipinski definition) is 1. The van der Waals surface area contributed by atoms with E-state index >= 15 is 0 Å². The summed E-state index contributed by atoms with van der Waals surface area (Å²) in [7, 11) is 1.37. The summed E-state index contributed by atoms with van der Waals surface area (Å²) in [5, 5.41) is 2.70. The quantitative estimate of drug-likeness (QED) is 0.648. The second-order valence-electron chi connectivity index (χ2n) is 3.29. The Balaban J connectivity index is 2.41. The number of nitrogens with zero attached hydrogens (tertiary/aromatic N) is 1. The number of carbonyl (C=O) groups is 2. The van der Waals surface area contributed by atoms with Crippen molar-refractivity contribution in [3.05, 3.63) is 0 Å². The average Bonchev–Trinajstić information content (AvgIpc) is 2.66. The van der Waals surface area contributed by atoms with E-state index in [-0.39, 0.29) is 17.9 Å². The first-order valence-corrected chi connectivity index (χ1v) is 4.79. The molecule has 0 aromatic carbocycles. The Morgan fingerprint density at radius 1 is 1.57 bits per heavy atom. The van der Waals surface area contributed by atoms with Crippen molar-refractivity contribution in [1.82, 2.24) is 10.2 Å². The predicted molar refractivity (Wildman–Crippen MR) is 50.8 cm³/mol. The largest absolute Gasteiger partial charge is 0.469 e. The molecule has 1 N–H and O–H groups in total. The number of ether oxygens (including phenoxy) is 1. The molecule has 1 fully saturated rings. The van der Waals surface area contributed by atoms with Crippen LogP contribution in [-0.4, -0.2) is 43.6 Å². The Kier molecular flexibility index (Phi) is 3.73. The number of amides is 2. The third-order valence-corrected chi connectivity index (χ3v) is 2.34. The van der Waals surface area contributed by atoms with E-state index in [1.54, 1.807) is 4.90 Å². The third kappa shape index (κ3) is 2.37. The monoisotopic (exact) mass is 200 g/mol. The summed E-state index contributed by atoms with van der Waals surface area (Å²) in [4.78, 5) is 24.2. The third-order valence-electron chi connectivity index (χ3n) is 2.34. The van der Waals surface area contributed by atoms with Gasteiger partial charge in [-0.25, -0.2) is 4.79 Å². The Morgan fingerprint density at radius 2 is 2.29 bits per heavy atom. The molecule has 0 saturated carbocycles. The van der Waals surface area contributed by atoms with Crippen molar-refractivity contribution in [1.29, 1.82) is 0 Å². The van der Waals surface area contributed by atoms with Gasteiger partial charge < -0.3 is 15.0 Å². The fraction of sp³-hybridized carbons (Fsp3) is 0.778. The van der Waals surface area contributed by atoms with Crippen molar-refractivity contribution in [2.24, 2.45) is 5.92 Å². The molecule has 1 aliphatic rings. The van der Waals surface area contributed by atoms with Gasteiger partial charge in [-0.3, -0.25) is 4.79 Å². The average molecular weight is 200 g/mol. The maximum Gasteiger partial charge on any atom is 0.317 e. The summed E-state index contributed by atoms with van der Waals surface area (Å²) in [6, 6.07) is -0.0982. The van der Waals surface area contributed by atoms with E-state index in [1.165, 1.54) is 7.11 Å². The van der Waals surface area contributed by atoms with Crippen molar-refractivity contribution in [2.75, 3.05) is 26.7 Å². The lowest BCUT2D eigenvalue weighted by Crippen LogP contribution is -2.38. The first kappa shape index (κ1) is 10.8. The van der Waals surface area contributed by atoms with Gasteiger partial charge in [-0.2, -0.15) is 0 Å². The Morgan fingerprint density at radius 3 is 2.86 bits per heavy atom. The minimum atomic E-state index is -0.225. The molecule has 1 rings (SSSR count).